The summed E-state index contributed by atoms with van der Waals surface area (Å²) < 4.78 is 11.0. The molecule has 28 heavy (non-hydrogen) atoms. The maximum atomic E-state index is 6.19. The highest BCUT2D eigenvalue weighted by molar-refractivity contribution is 5.78. The summed E-state index contributed by atoms with van der Waals surface area (Å²) >= 11 is 0. The first kappa shape index (κ1) is 18.5. The third kappa shape index (κ3) is 4.16. The van der Waals surface area contributed by atoms with Crippen LogP contribution in [0.2, 0.25) is 0 Å². The quantitative estimate of drug-likeness (QED) is 0.616. The predicted molar refractivity (Wildman–Crippen MR) is 112 cm³/mol. The summed E-state index contributed by atoms with van der Waals surface area (Å²) in [5.74, 6) is 2.85. The topological polar surface area (TPSA) is 72.1 Å². The molecule has 2 heterocycles. The van der Waals surface area contributed by atoms with E-state index in [1.54, 1.807) is 7.11 Å². The lowest BCUT2D eigenvalue weighted by Gasteiger charge is -2.27. The van der Waals surface area contributed by atoms with Gasteiger partial charge in [-0.2, -0.15) is 0 Å². The zero-order valence-electron chi connectivity index (χ0n) is 16.3. The minimum Gasteiger partial charge on any atom is -0.497 e. The highest BCUT2D eigenvalue weighted by atomic mass is 16.5. The van der Waals surface area contributed by atoms with E-state index < -0.39 is 0 Å². The van der Waals surface area contributed by atoms with Crippen molar-refractivity contribution >= 4 is 11.6 Å². The Labute approximate surface area is 166 Å². The number of methoxy groups -OCH3 is 1. The van der Waals surface area contributed by atoms with Gasteiger partial charge >= 0.3 is 0 Å². The molecule has 4 rings (SSSR count). The van der Waals surface area contributed by atoms with E-state index in [4.69, 9.17) is 15.2 Å². The van der Waals surface area contributed by atoms with Gasteiger partial charge in [-0.05, 0) is 30.5 Å². The molecule has 2 aliphatic heterocycles. The maximum Gasteiger partial charge on any atom is 0.189 e. The summed E-state index contributed by atoms with van der Waals surface area (Å²) in [7, 11) is 1.70. The molecule has 148 valence electrons. The van der Waals surface area contributed by atoms with Crippen molar-refractivity contribution in [3.05, 3.63) is 54.1 Å². The number of hydrogen-bond donors (Lipinski definition) is 2. The lowest BCUT2D eigenvalue weighted by Crippen LogP contribution is -2.37. The highest BCUT2D eigenvalue weighted by Gasteiger charge is 2.24. The molecule has 2 aromatic carbocycles. The number of nitrogens with two attached hydrogens (primary N) is 1. The Morgan fingerprint density at radius 3 is 3.04 bits per heavy atom. The summed E-state index contributed by atoms with van der Waals surface area (Å²) in [5, 5.41) is 3.37. The van der Waals surface area contributed by atoms with Crippen LogP contribution in [0.15, 0.2) is 53.5 Å². The molecule has 2 aromatic rings. The number of aliphatic imine (C=N–C) groups is 1. The molecule has 1 saturated heterocycles. The van der Waals surface area contributed by atoms with Crippen LogP contribution >= 0.6 is 0 Å². The van der Waals surface area contributed by atoms with Crippen LogP contribution in [0.1, 0.15) is 24.4 Å². The van der Waals surface area contributed by atoms with Gasteiger partial charge in [0.05, 0.1) is 19.8 Å². The number of hydrogen-bond acceptors (Lipinski definition) is 4. The predicted octanol–water partition coefficient (Wildman–Crippen LogP) is 2.95. The number of anilines is 1. The first-order valence-electron chi connectivity index (χ1n) is 9.90. The van der Waals surface area contributed by atoms with Crippen LogP contribution in [0.25, 0.3) is 0 Å². The van der Waals surface area contributed by atoms with E-state index in [9.17, 15) is 0 Å². The fourth-order valence-electron chi connectivity index (χ4n) is 3.97. The molecule has 6 heteroatoms. The molecule has 0 saturated carbocycles. The Kier molecular flexibility index (Phi) is 5.55. The number of nitrogens with one attached hydrogen (secondary N) is 1. The molecule has 0 radical (unpaired) electrons. The van der Waals surface area contributed by atoms with Gasteiger partial charge in [-0.25, -0.2) is 0 Å². The van der Waals surface area contributed by atoms with Crippen LogP contribution in [0.3, 0.4) is 0 Å². The fourth-order valence-corrected chi connectivity index (χ4v) is 3.97. The summed E-state index contributed by atoms with van der Waals surface area (Å²) in [6.45, 7) is 3.46. The second-order valence-electron chi connectivity index (χ2n) is 7.40. The summed E-state index contributed by atoms with van der Waals surface area (Å²) in [6.07, 6.45) is 2.01. The van der Waals surface area contributed by atoms with Crippen LogP contribution in [0, 0.1) is 5.92 Å². The molecular formula is C22H28N4O2. The average molecular weight is 380 g/mol. The van der Waals surface area contributed by atoms with Crippen molar-refractivity contribution in [2.75, 3.05) is 38.3 Å². The van der Waals surface area contributed by atoms with E-state index in [-0.39, 0.29) is 6.04 Å². The van der Waals surface area contributed by atoms with Crippen molar-refractivity contribution in [1.29, 1.82) is 0 Å². The fraction of sp³-hybridized carbons (Fsp3) is 0.409. The highest BCUT2D eigenvalue weighted by Crippen LogP contribution is 2.31. The summed E-state index contributed by atoms with van der Waals surface area (Å²) in [4.78, 5) is 7.02. The Bertz CT molecular complexity index is 839. The number of nitrogens with zero attached hydrogens (tertiary/aromatic N) is 2. The third-order valence-electron chi connectivity index (χ3n) is 5.50. The first-order chi connectivity index (χ1) is 13.7. The van der Waals surface area contributed by atoms with Crippen molar-refractivity contribution < 1.29 is 9.47 Å². The Hall–Kier alpha value is -2.89. The zero-order valence-corrected chi connectivity index (χ0v) is 16.3. The molecule has 2 atom stereocenters. The number of rotatable bonds is 5. The second kappa shape index (κ2) is 8.42. The van der Waals surface area contributed by atoms with Crippen LogP contribution in [0.4, 0.5) is 5.69 Å². The van der Waals surface area contributed by atoms with Crippen LogP contribution < -0.4 is 25.4 Å². The van der Waals surface area contributed by atoms with Gasteiger partial charge < -0.3 is 25.4 Å². The number of guanidine groups is 1. The van der Waals surface area contributed by atoms with Gasteiger partial charge in [0, 0.05) is 43.4 Å². The van der Waals surface area contributed by atoms with E-state index in [1.807, 2.05) is 30.3 Å². The zero-order chi connectivity index (χ0) is 19.3. The van der Waals surface area contributed by atoms with Gasteiger partial charge in [0.25, 0.3) is 0 Å². The van der Waals surface area contributed by atoms with E-state index in [2.05, 4.69) is 33.4 Å². The normalized spacial score (nSPS) is 21.8. The second-order valence-corrected chi connectivity index (χ2v) is 7.40. The number of benzene rings is 2. The minimum atomic E-state index is 0.158. The van der Waals surface area contributed by atoms with Gasteiger partial charge in [0.2, 0.25) is 0 Å². The Morgan fingerprint density at radius 2 is 2.14 bits per heavy atom. The van der Waals surface area contributed by atoms with Crippen molar-refractivity contribution in [2.24, 2.45) is 16.6 Å². The largest absolute Gasteiger partial charge is 0.497 e. The molecule has 0 spiro atoms. The minimum absolute atomic E-state index is 0.158. The number of ether oxygens (including phenoxy) is 2. The van der Waals surface area contributed by atoms with Crippen molar-refractivity contribution in [3.8, 4) is 11.5 Å². The first-order valence-corrected chi connectivity index (χ1v) is 9.90. The van der Waals surface area contributed by atoms with Crippen molar-refractivity contribution in [1.82, 2.24) is 5.32 Å². The molecule has 3 N–H and O–H groups in total. The van der Waals surface area contributed by atoms with Gasteiger partial charge in [-0.15, -0.1) is 0 Å². The lowest BCUT2D eigenvalue weighted by atomic mass is 10.0. The summed E-state index contributed by atoms with van der Waals surface area (Å²) in [6, 6.07) is 16.5. The van der Waals surface area contributed by atoms with Crippen LogP contribution in [0.5, 0.6) is 11.5 Å². The smallest absolute Gasteiger partial charge is 0.189 e. The van der Waals surface area contributed by atoms with Crippen LogP contribution in [-0.4, -0.2) is 39.3 Å². The van der Waals surface area contributed by atoms with E-state index in [0.29, 0.717) is 18.5 Å². The molecule has 0 aromatic heterocycles. The van der Waals surface area contributed by atoms with Gasteiger partial charge in [-0.1, -0.05) is 24.3 Å². The Morgan fingerprint density at radius 1 is 1.25 bits per heavy atom. The maximum absolute atomic E-state index is 6.19. The summed E-state index contributed by atoms with van der Waals surface area (Å²) in [5.41, 5.74) is 8.55. The van der Waals surface area contributed by atoms with E-state index in [1.165, 1.54) is 5.69 Å². The average Bonchev–Trinajstić information content (AvgIpc) is 3.22. The van der Waals surface area contributed by atoms with E-state index in [0.717, 1.165) is 49.5 Å². The number of para-hydroxylation sites is 1. The van der Waals surface area contributed by atoms with E-state index >= 15 is 0 Å². The monoisotopic (exact) mass is 380 g/mol. The van der Waals surface area contributed by atoms with Crippen LogP contribution in [-0.2, 0) is 0 Å². The van der Waals surface area contributed by atoms with Crippen molar-refractivity contribution in [3.63, 3.8) is 0 Å². The van der Waals surface area contributed by atoms with Gasteiger partial charge in [0.1, 0.15) is 11.5 Å². The van der Waals surface area contributed by atoms with Gasteiger partial charge in [-0.3, -0.25) is 4.99 Å². The SMILES string of the molecule is COc1cccc(N2CCC(CN=C(N)NC3CCOc4ccccc43)C2)c1. The molecule has 0 bridgehead atoms. The molecule has 2 unspecified atom stereocenters. The lowest BCUT2D eigenvalue weighted by molar-refractivity contribution is 0.262. The van der Waals surface area contributed by atoms with Crippen molar-refractivity contribution in [2.45, 2.75) is 18.9 Å². The number of fused-ring (bicyclic) bond motifs is 1. The Balaban J connectivity index is 1.32. The standard InChI is InChI=1S/C22H28N4O2/c1-27-18-6-4-5-17(13-18)26-11-9-16(15-26)14-24-22(23)25-20-10-12-28-21-8-3-2-7-19(20)21/h2-8,13,16,20H,9-12,14-15H2,1H3,(H3,23,24,25). The molecule has 0 amide bonds. The third-order valence-corrected chi connectivity index (χ3v) is 5.50. The molecular weight excluding hydrogens is 352 g/mol. The molecule has 2 aliphatic rings. The van der Waals surface area contributed by atoms with Gasteiger partial charge in [0.15, 0.2) is 5.96 Å². The molecule has 1 fully saturated rings. The molecule has 6 nitrogen and oxygen atoms in total. The molecule has 0 aliphatic carbocycles.